The minimum atomic E-state index is -0.927. The van der Waals surface area contributed by atoms with Gasteiger partial charge in [0.25, 0.3) is 0 Å². The third-order valence-electron chi connectivity index (χ3n) is 5.35. The zero-order chi connectivity index (χ0) is 19.9. The molecule has 0 unspecified atom stereocenters. The number of rotatable bonds is 16. The van der Waals surface area contributed by atoms with Crippen molar-refractivity contribution in [1.82, 2.24) is 5.32 Å². The first kappa shape index (κ1) is 27.4. The van der Waals surface area contributed by atoms with Crippen LogP contribution in [0, 0.1) is 22.9 Å². The molecule has 1 N–H and O–H groups in total. The summed E-state index contributed by atoms with van der Waals surface area (Å²) in [7, 11) is -0.927. The molecule has 26 heavy (non-hydrogen) atoms. The van der Waals surface area contributed by atoms with Gasteiger partial charge >= 0.3 is 137 Å². The first-order chi connectivity index (χ1) is 12.7. The van der Waals surface area contributed by atoms with E-state index in [4.69, 9.17) is 10.5 Å². The summed E-state index contributed by atoms with van der Waals surface area (Å²) < 4.78 is 0. The Morgan fingerprint density at radius 2 is 0.885 bits per heavy atom. The van der Waals surface area contributed by atoms with E-state index in [1.165, 1.54) is 83.0 Å². The van der Waals surface area contributed by atoms with Crippen LogP contribution in [-0.2, 0) is 0 Å². The van der Waals surface area contributed by atoms with E-state index in [2.05, 4.69) is 27.7 Å². The van der Waals surface area contributed by atoms with Gasteiger partial charge in [0.2, 0.25) is 0 Å². The molecule has 0 radical (unpaired) electrons. The zero-order valence-electron chi connectivity index (χ0n) is 18.2. The molecule has 0 spiro atoms. The number of nitrogens with one attached hydrogen (secondary N) is 1. The second kappa shape index (κ2) is 22.3. The van der Waals surface area contributed by atoms with E-state index in [9.17, 15) is 0 Å². The number of unbranched alkanes of at least 4 members (excludes halogenated alkanes) is 8. The van der Waals surface area contributed by atoms with Crippen LogP contribution >= 0.6 is 7.26 Å². The Kier molecular flexibility index (Phi) is 23.5. The van der Waals surface area contributed by atoms with Crippen LogP contribution in [0.5, 0.6) is 0 Å². The molecule has 0 aliphatic heterocycles. The van der Waals surface area contributed by atoms with Gasteiger partial charge in [-0.3, -0.25) is 0 Å². The zero-order valence-corrected chi connectivity index (χ0v) is 19.2. The van der Waals surface area contributed by atoms with Crippen LogP contribution in [0.1, 0.15) is 105 Å². The van der Waals surface area contributed by atoms with E-state index in [1.807, 2.05) is 0 Å². The first-order valence-corrected chi connectivity index (χ1v) is 14.0. The second-order valence-corrected chi connectivity index (χ2v) is 12.7. The summed E-state index contributed by atoms with van der Waals surface area (Å²) in [5.41, 5.74) is 0. The molecule has 0 saturated heterocycles. The van der Waals surface area contributed by atoms with E-state index < -0.39 is 7.26 Å². The third-order valence-corrected chi connectivity index (χ3v) is 11.0. The van der Waals surface area contributed by atoms with Crippen molar-refractivity contribution in [1.29, 1.82) is 10.5 Å². The standard InChI is InChI=1S/C20H45P.C2HN3/c1-5-9-13-14-15-16-20-21(17-10-6-2,18-11-7-3)19-12-8-4;3-1-5-2-4/h21H,5-20H2,1-4H3;5H. The summed E-state index contributed by atoms with van der Waals surface area (Å²) in [5, 5.41) is 16.7. The quantitative estimate of drug-likeness (QED) is 0.135. The molecule has 0 aromatic carbocycles. The minimum absolute atomic E-state index is 0.927. The molecule has 0 aromatic heterocycles. The number of hydrogen-bond acceptors (Lipinski definition) is 3. The molecule has 3 nitrogen and oxygen atoms in total. The molecule has 4 heteroatoms. The van der Waals surface area contributed by atoms with Gasteiger partial charge < -0.3 is 0 Å². The first-order valence-electron chi connectivity index (χ1n) is 11.2. The maximum absolute atomic E-state index is 7.48. The maximum Gasteiger partial charge on any atom is 0.190 e. The van der Waals surface area contributed by atoms with Gasteiger partial charge in [0.15, 0.2) is 12.4 Å². The van der Waals surface area contributed by atoms with Crippen LogP contribution in [0.4, 0.5) is 0 Å². The Morgan fingerprint density at radius 1 is 0.538 bits per heavy atom. The summed E-state index contributed by atoms with van der Waals surface area (Å²) in [6.45, 7) is 9.45. The predicted molar refractivity (Wildman–Crippen MR) is 120 cm³/mol. The summed E-state index contributed by atoms with van der Waals surface area (Å²) in [4.78, 5) is 0. The molecule has 0 amide bonds. The average Bonchev–Trinajstić information content (AvgIpc) is 2.66. The SMILES string of the molecule is CCCCCCCC[PH](CCCC)(CCCC)CCCC.N#CNC#N. The molecule has 0 atom stereocenters. The fraction of sp³-hybridized carbons (Fsp3) is 0.909. The fourth-order valence-electron chi connectivity index (χ4n) is 3.71. The van der Waals surface area contributed by atoms with Crippen molar-refractivity contribution >= 4 is 7.26 Å². The number of nitrogens with zero attached hydrogens (tertiary/aromatic N) is 2. The monoisotopic (exact) mass is 383 g/mol. The van der Waals surface area contributed by atoms with E-state index >= 15 is 0 Å². The van der Waals surface area contributed by atoms with Gasteiger partial charge in [-0.25, -0.2) is 5.32 Å². The minimum Gasteiger partial charge on any atom is -0.229 e. The average molecular weight is 384 g/mol. The van der Waals surface area contributed by atoms with E-state index in [0.717, 1.165) is 0 Å². The predicted octanol–water partition coefficient (Wildman–Crippen LogP) is 7.04. The summed E-state index contributed by atoms with van der Waals surface area (Å²) in [6.07, 6.45) is 27.0. The second-order valence-electron chi connectivity index (χ2n) is 7.68. The van der Waals surface area contributed by atoms with Crippen molar-refractivity contribution in [2.24, 2.45) is 0 Å². The van der Waals surface area contributed by atoms with Crippen LogP contribution in [0.3, 0.4) is 0 Å². The molecule has 0 bridgehead atoms. The molecule has 0 aliphatic carbocycles. The van der Waals surface area contributed by atoms with Gasteiger partial charge in [-0.2, -0.15) is 10.5 Å². The van der Waals surface area contributed by atoms with Crippen LogP contribution in [-0.4, -0.2) is 24.6 Å². The molecule has 0 fully saturated rings. The van der Waals surface area contributed by atoms with Crippen LogP contribution in [0.25, 0.3) is 0 Å². The van der Waals surface area contributed by atoms with Crippen molar-refractivity contribution in [3.63, 3.8) is 0 Å². The Morgan fingerprint density at radius 3 is 1.23 bits per heavy atom. The Bertz CT molecular complexity index is 324. The van der Waals surface area contributed by atoms with Gasteiger partial charge in [-0.05, 0) is 0 Å². The molecule has 0 rings (SSSR count). The third kappa shape index (κ3) is 18.0. The molecule has 0 saturated carbocycles. The van der Waals surface area contributed by atoms with Gasteiger partial charge in [0, 0.05) is 0 Å². The molecule has 0 aromatic rings. The number of hydrogen-bond donors (Lipinski definition) is 1. The largest absolute Gasteiger partial charge is 0.229 e. The molecular weight excluding hydrogens is 337 g/mol. The Balaban J connectivity index is 0. The van der Waals surface area contributed by atoms with Crippen LogP contribution in [0.2, 0.25) is 0 Å². The summed E-state index contributed by atoms with van der Waals surface area (Å²) in [5.74, 6) is 0. The van der Waals surface area contributed by atoms with Gasteiger partial charge in [0.05, 0.1) is 0 Å². The van der Waals surface area contributed by atoms with Crippen molar-refractivity contribution in [3.8, 4) is 12.4 Å². The molecule has 0 heterocycles. The molecule has 154 valence electrons. The maximum atomic E-state index is 7.48. The smallest absolute Gasteiger partial charge is 0.190 e. The normalized spacial score (nSPS) is 11.0. The Labute approximate surface area is 165 Å². The Hall–Kier alpha value is -0.790. The van der Waals surface area contributed by atoms with Gasteiger partial charge in [0.1, 0.15) is 0 Å². The van der Waals surface area contributed by atoms with Crippen molar-refractivity contribution in [2.45, 2.75) is 105 Å². The number of nitriles is 2. The van der Waals surface area contributed by atoms with E-state index in [0.29, 0.717) is 0 Å². The van der Waals surface area contributed by atoms with Crippen molar-refractivity contribution in [3.05, 3.63) is 0 Å². The van der Waals surface area contributed by atoms with Gasteiger partial charge in [-0.15, -0.1) is 0 Å². The van der Waals surface area contributed by atoms with E-state index in [1.54, 1.807) is 36.4 Å². The van der Waals surface area contributed by atoms with Gasteiger partial charge in [-0.1, -0.05) is 0 Å². The topological polar surface area (TPSA) is 59.6 Å². The summed E-state index contributed by atoms with van der Waals surface area (Å²) in [6, 6.07) is 0. The van der Waals surface area contributed by atoms with Crippen molar-refractivity contribution < 1.29 is 0 Å². The van der Waals surface area contributed by atoms with E-state index in [-0.39, 0.29) is 0 Å². The fourth-order valence-corrected chi connectivity index (χ4v) is 9.52. The summed E-state index contributed by atoms with van der Waals surface area (Å²) >= 11 is 0. The van der Waals surface area contributed by atoms with Crippen LogP contribution in [0.15, 0.2) is 0 Å². The molecular formula is C22H46N3P. The van der Waals surface area contributed by atoms with Crippen LogP contribution < -0.4 is 5.32 Å². The van der Waals surface area contributed by atoms with Crippen molar-refractivity contribution in [2.75, 3.05) is 24.6 Å². The molecule has 0 aliphatic rings.